The molecule has 4 rings (SSSR count). The van der Waals surface area contributed by atoms with Crippen molar-refractivity contribution in [3.8, 4) is 11.3 Å². The van der Waals surface area contributed by atoms with Gasteiger partial charge >= 0.3 is 6.03 Å². The van der Waals surface area contributed by atoms with Crippen LogP contribution in [0.5, 0.6) is 0 Å². The lowest BCUT2D eigenvalue weighted by Crippen LogP contribution is -2.54. The number of aryl methyl sites for hydroxylation is 1. The second-order valence-corrected chi connectivity index (χ2v) is 6.80. The van der Waals surface area contributed by atoms with Gasteiger partial charge in [0, 0.05) is 17.7 Å². The maximum Gasteiger partial charge on any atom is 0.335 e. The van der Waals surface area contributed by atoms with Crippen LogP contribution in [0.1, 0.15) is 11.3 Å². The van der Waals surface area contributed by atoms with E-state index in [0.717, 1.165) is 10.5 Å². The molecule has 4 amide bonds. The molecule has 9 nitrogen and oxygen atoms in total. The lowest BCUT2D eigenvalue weighted by atomic mass is 10.1. The Morgan fingerprint density at radius 3 is 2.48 bits per heavy atom. The molecule has 2 aromatic carbocycles. The molecule has 0 spiro atoms. The van der Waals surface area contributed by atoms with Gasteiger partial charge in [0.2, 0.25) is 0 Å². The predicted molar refractivity (Wildman–Crippen MR) is 111 cm³/mol. The molecule has 3 aromatic rings. The van der Waals surface area contributed by atoms with Gasteiger partial charge in [-0.1, -0.05) is 29.8 Å². The monoisotopic (exact) mass is 417 g/mol. The van der Waals surface area contributed by atoms with Crippen LogP contribution in [-0.4, -0.2) is 22.8 Å². The molecule has 0 bridgehead atoms. The van der Waals surface area contributed by atoms with Crippen LogP contribution in [0, 0.1) is 17.0 Å². The molecule has 1 aromatic heterocycles. The number of hydrogen-bond donors (Lipinski definition) is 1. The fraction of sp³-hybridized carbons (Fsp3) is 0.0455. The molecule has 1 aliphatic rings. The van der Waals surface area contributed by atoms with Crippen molar-refractivity contribution in [1.82, 2.24) is 5.32 Å². The second-order valence-electron chi connectivity index (χ2n) is 6.80. The number of nitrogens with one attached hydrogen (secondary N) is 1. The Labute approximate surface area is 175 Å². The van der Waals surface area contributed by atoms with E-state index in [4.69, 9.17) is 4.42 Å². The Morgan fingerprint density at radius 2 is 1.77 bits per heavy atom. The highest BCUT2D eigenvalue weighted by atomic mass is 16.6. The molecule has 31 heavy (non-hydrogen) atoms. The van der Waals surface area contributed by atoms with Crippen LogP contribution in [0.25, 0.3) is 17.4 Å². The minimum Gasteiger partial charge on any atom is -0.457 e. The van der Waals surface area contributed by atoms with Crippen molar-refractivity contribution in [3.63, 3.8) is 0 Å². The first-order valence-corrected chi connectivity index (χ1v) is 9.16. The summed E-state index contributed by atoms with van der Waals surface area (Å²) in [5.74, 6) is -1.12. The summed E-state index contributed by atoms with van der Waals surface area (Å²) in [5.41, 5.74) is 1.37. The Morgan fingerprint density at radius 1 is 1.03 bits per heavy atom. The molecule has 1 N–H and O–H groups in total. The molecule has 0 radical (unpaired) electrons. The third-order valence-corrected chi connectivity index (χ3v) is 4.65. The summed E-state index contributed by atoms with van der Waals surface area (Å²) in [6.45, 7) is 1.87. The maximum absolute atomic E-state index is 12.9. The van der Waals surface area contributed by atoms with Gasteiger partial charge in [-0.05, 0) is 37.3 Å². The highest BCUT2D eigenvalue weighted by Crippen LogP contribution is 2.28. The quantitative estimate of drug-likeness (QED) is 0.298. The minimum atomic E-state index is -0.841. The summed E-state index contributed by atoms with van der Waals surface area (Å²) in [5, 5.41) is 13.1. The highest BCUT2D eigenvalue weighted by molar-refractivity contribution is 6.39. The van der Waals surface area contributed by atoms with E-state index in [1.807, 2.05) is 6.92 Å². The van der Waals surface area contributed by atoms with Gasteiger partial charge in [-0.2, -0.15) is 0 Å². The zero-order valence-electron chi connectivity index (χ0n) is 16.2. The lowest BCUT2D eigenvalue weighted by molar-refractivity contribution is -0.384. The first-order chi connectivity index (χ1) is 14.8. The van der Waals surface area contributed by atoms with Crippen LogP contribution in [0.3, 0.4) is 0 Å². The van der Waals surface area contributed by atoms with Gasteiger partial charge < -0.3 is 4.42 Å². The summed E-state index contributed by atoms with van der Waals surface area (Å²) < 4.78 is 5.65. The minimum absolute atomic E-state index is 0.0945. The maximum atomic E-state index is 12.9. The first-order valence-electron chi connectivity index (χ1n) is 9.16. The molecule has 0 saturated carbocycles. The van der Waals surface area contributed by atoms with Gasteiger partial charge in [0.1, 0.15) is 17.1 Å². The lowest BCUT2D eigenvalue weighted by Gasteiger charge is -2.26. The number of anilines is 1. The van der Waals surface area contributed by atoms with Crippen molar-refractivity contribution >= 4 is 35.3 Å². The van der Waals surface area contributed by atoms with Crippen LogP contribution >= 0.6 is 0 Å². The fourth-order valence-electron chi connectivity index (χ4n) is 3.09. The van der Waals surface area contributed by atoms with E-state index in [1.54, 1.807) is 36.4 Å². The Hall–Kier alpha value is -4.53. The number of nitro groups is 1. The molecule has 2 heterocycles. The number of amides is 4. The van der Waals surface area contributed by atoms with Gasteiger partial charge in [0.05, 0.1) is 10.6 Å². The van der Waals surface area contributed by atoms with Gasteiger partial charge in [-0.15, -0.1) is 0 Å². The van der Waals surface area contributed by atoms with Crippen molar-refractivity contribution in [2.24, 2.45) is 0 Å². The highest BCUT2D eigenvalue weighted by Gasteiger charge is 2.37. The fourth-order valence-corrected chi connectivity index (χ4v) is 3.09. The molecule has 1 aliphatic heterocycles. The smallest absolute Gasteiger partial charge is 0.335 e. The number of imide groups is 2. The van der Waals surface area contributed by atoms with E-state index in [9.17, 15) is 24.5 Å². The molecule has 1 fully saturated rings. The Balaban J connectivity index is 1.66. The summed E-state index contributed by atoms with van der Waals surface area (Å²) >= 11 is 0. The third-order valence-electron chi connectivity index (χ3n) is 4.65. The third kappa shape index (κ3) is 3.84. The molecule has 9 heteroatoms. The standard InChI is InChI=1S/C22H15N3O6/c1-13-5-7-15(8-6-13)24-21(27)18(20(26)23-22(24)28)12-17-9-10-19(31-17)14-3-2-4-16(11-14)25(29)30/h2-12H,1H3,(H,23,26,28). The summed E-state index contributed by atoms with van der Waals surface area (Å²) in [4.78, 5) is 48.7. The Kier molecular flexibility index (Phi) is 4.92. The number of nitrogens with zero attached hydrogens (tertiary/aromatic N) is 2. The molecular weight excluding hydrogens is 402 g/mol. The van der Waals surface area contributed by atoms with Gasteiger partial charge in [-0.3, -0.25) is 25.0 Å². The number of non-ortho nitro benzene ring substituents is 1. The molecule has 0 atom stereocenters. The van der Waals surface area contributed by atoms with Crippen molar-refractivity contribution in [3.05, 3.63) is 87.7 Å². The van der Waals surface area contributed by atoms with Gasteiger partial charge in [0.25, 0.3) is 17.5 Å². The van der Waals surface area contributed by atoms with E-state index >= 15 is 0 Å². The summed E-state index contributed by atoms with van der Waals surface area (Å²) in [6, 6.07) is 14.8. The van der Waals surface area contributed by atoms with Crippen LogP contribution in [0.15, 0.2) is 70.7 Å². The van der Waals surface area contributed by atoms with Crippen molar-refractivity contribution < 1.29 is 23.7 Å². The van der Waals surface area contributed by atoms with Crippen LogP contribution in [0.4, 0.5) is 16.2 Å². The molecular formula is C22H15N3O6. The van der Waals surface area contributed by atoms with Crippen LogP contribution in [-0.2, 0) is 9.59 Å². The number of carbonyl (C=O) groups excluding carboxylic acids is 3. The zero-order valence-corrected chi connectivity index (χ0v) is 16.2. The van der Waals surface area contributed by atoms with Gasteiger partial charge in [0.15, 0.2) is 0 Å². The number of benzene rings is 2. The number of urea groups is 1. The molecule has 0 unspecified atom stereocenters. The topological polar surface area (TPSA) is 123 Å². The number of barbiturate groups is 1. The van der Waals surface area contributed by atoms with Crippen LogP contribution in [0.2, 0.25) is 0 Å². The number of hydrogen-bond acceptors (Lipinski definition) is 6. The van der Waals surface area contributed by atoms with E-state index in [1.165, 1.54) is 30.3 Å². The molecule has 0 aliphatic carbocycles. The van der Waals surface area contributed by atoms with Crippen molar-refractivity contribution in [2.45, 2.75) is 6.92 Å². The van der Waals surface area contributed by atoms with Crippen molar-refractivity contribution in [2.75, 3.05) is 4.90 Å². The number of furan rings is 1. The normalized spacial score (nSPS) is 15.3. The summed E-state index contributed by atoms with van der Waals surface area (Å²) in [6.07, 6.45) is 1.23. The van der Waals surface area contributed by atoms with E-state index in [2.05, 4.69) is 5.32 Å². The van der Waals surface area contributed by atoms with E-state index < -0.39 is 22.8 Å². The number of nitro benzene ring substituents is 1. The predicted octanol–water partition coefficient (Wildman–Crippen LogP) is 3.83. The number of rotatable bonds is 4. The number of carbonyl (C=O) groups is 3. The van der Waals surface area contributed by atoms with Gasteiger partial charge in [-0.25, -0.2) is 9.69 Å². The van der Waals surface area contributed by atoms with E-state index in [0.29, 0.717) is 17.0 Å². The van der Waals surface area contributed by atoms with Crippen LogP contribution < -0.4 is 10.2 Å². The SMILES string of the molecule is Cc1ccc(N2C(=O)NC(=O)C(=Cc3ccc(-c4cccc([N+](=O)[O-])c4)o3)C2=O)cc1. The first kappa shape index (κ1) is 19.8. The molecule has 154 valence electrons. The average Bonchev–Trinajstić information content (AvgIpc) is 3.21. The van der Waals surface area contributed by atoms with Crippen molar-refractivity contribution in [1.29, 1.82) is 0 Å². The Bertz CT molecular complexity index is 1260. The van der Waals surface area contributed by atoms with E-state index in [-0.39, 0.29) is 17.0 Å². The molecule has 1 saturated heterocycles. The zero-order chi connectivity index (χ0) is 22.1. The second kappa shape index (κ2) is 7.71. The summed E-state index contributed by atoms with van der Waals surface area (Å²) in [7, 11) is 0. The largest absolute Gasteiger partial charge is 0.457 e. The average molecular weight is 417 g/mol.